The molecular formula is C8H11N3O3. The number of nitrogens with zero attached hydrogens (tertiary/aromatic N) is 1. The van der Waals surface area contributed by atoms with Crippen LogP contribution in [0.5, 0.6) is 0 Å². The number of hydrogen-bond donors (Lipinski definition) is 3. The number of aromatic amines is 2. The van der Waals surface area contributed by atoms with Crippen LogP contribution in [0.2, 0.25) is 0 Å². The van der Waals surface area contributed by atoms with Gasteiger partial charge in [-0.3, -0.25) is 14.8 Å². The van der Waals surface area contributed by atoms with Crippen LogP contribution in [0.4, 0.5) is 5.82 Å². The molecule has 0 radical (unpaired) electrons. The Morgan fingerprint density at radius 3 is 2.79 bits per heavy atom. The van der Waals surface area contributed by atoms with E-state index in [0.717, 1.165) is 13.0 Å². The highest BCUT2D eigenvalue weighted by Gasteiger charge is 2.28. The molecule has 0 aliphatic carbocycles. The molecule has 0 unspecified atom stereocenters. The molecule has 1 aromatic heterocycles. The molecule has 6 nitrogen and oxygen atoms in total. The molecule has 2 heterocycles. The molecular weight excluding hydrogens is 186 g/mol. The first-order valence-electron chi connectivity index (χ1n) is 4.42. The van der Waals surface area contributed by atoms with Crippen molar-refractivity contribution in [2.45, 2.75) is 12.5 Å². The molecule has 6 heteroatoms. The van der Waals surface area contributed by atoms with Crippen molar-refractivity contribution in [1.82, 2.24) is 9.97 Å². The molecule has 0 spiro atoms. The third-order valence-electron chi connectivity index (χ3n) is 2.41. The van der Waals surface area contributed by atoms with Gasteiger partial charge in [0.1, 0.15) is 5.82 Å². The van der Waals surface area contributed by atoms with Crippen molar-refractivity contribution >= 4 is 5.82 Å². The summed E-state index contributed by atoms with van der Waals surface area (Å²) in [6, 6.07) is 1.34. The van der Waals surface area contributed by atoms with Crippen LogP contribution in [0, 0.1) is 0 Å². The first kappa shape index (κ1) is 9.01. The van der Waals surface area contributed by atoms with Crippen molar-refractivity contribution in [3.8, 4) is 0 Å². The predicted molar refractivity (Wildman–Crippen MR) is 50.5 cm³/mol. The summed E-state index contributed by atoms with van der Waals surface area (Å²) in [5.74, 6) is 0.476. The summed E-state index contributed by atoms with van der Waals surface area (Å²) in [5, 5.41) is 8.94. The van der Waals surface area contributed by atoms with Gasteiger partial charge in [0, 0.05) is 12.6 Å². The fourth-order valence-corrected chi connectivity index (χ4v) is 1.56. The minimum Gasteiger partial charge on any atom is -0.394 e. The highest BCUT2D eigenvalue weighted by atomic mass is 16.3. The number of nitrogens with one attached hydrogen (secondary N) is 2. The van der Waals surface area contributed by atoms with E-state index >= 15 is 0 Å². The topological polar surface area (TPSA) is 89.2 Å². The SMILES string of the molecule is O=c1cc(N2CC[C@@H]2CO)[nH]c(=O)[nH]1. The van der Waals surface area contributed by atoms with E-state index in [9.17, 15) is 9.59 Å². The fourth-order valence-electron chi connectivity index (χ4n) is 1.56. The van der Waals surface area contributed by atoms with Crippen molar-refractivity contribution in [1.29, 1.82) is 0 Å². The van der Waals surface area contributed by atoms with Gasteiger partial charge in [0.2, 0.25) is 0 Å². The summed E-state index contributed by atoms with van der Waals surface area (Å²) < 4.78 is 0. The van der Waals surface area contributed by atoms with Gasteiger partial charge in [-0.1, -0.05) is 0 Å². The van der Waals surface area contributed by atoms with Crippen molar-refractivity contribution in [3.05, 3.63) is 26.9 Å². The molecule has 1 aliphatic heterocycles. The van der Waals surface area contributed by atoms with Gasteiger partial charge in [-0.2, -0.15) is 0 Å². The van der Waals surface area contributed by atoms with Crippen molar-refractivity contribution in [2.75, 3.05) is 18.1 Å². The Bertz CT molecular complexity index is 406. The van der Waals surface area contributed by atoms with Gasteiger partial charge in [0.25, 0.3) is 5.56 Å². The molecule has 76 valence electrons. The summed E-state index contributed by atoms with van der Waals surface area (Å²) in [6.07, 6.45) is 0.880. The largest absolute Gasteiger partial charge is 0.394 e. The van der Waals surface area contributed by atoms with Crippen LogP contribution in [-0.2, 0) is 0 Å². The van der Waals surface area contributed by atoms with Crippen LogP contribution >= 0.6 is 0 Å². The van der Waals surface area contributed by atoms with E-state index in [1.54, 1.807) is 4.90 Å². The van der Waals surface area contributed by atoms with E-state index in [1.165, 1.54) is 6.07 Å². The van der Waals surface area contributed by atoms with Crippen LogP contribution in [0.1, 0.15) is 6.42 Å². The maximum absolute atomic E-state index is 11.0. The smallest absolute Gasteiger partial charge is 0.327 e. The summed E-state index contributed by atoms with van der Waals surface area (Å²) in [7, 11) is 0. The third kappa shape index (κ3) is 1.44. The lowest BCUT2D eigenvalue weighted by atomic mass is 10.0. The Kier molecular flexibility index (Phi) is 2.12. The summed E-state index contributed by atoms with van der Waals surface area (Å²) >= 11 is 0. The first-order valence-corrected chi connectivity index (χ1v) is 4.42. The second kappa shape index (κ2) is 3.30. The number of anilines is 1. The van der Waals surface area contributed by atoms with Crippen molar-refractivity contribution in [2.24, 2.45) is 0 Å². The maximum atomic E-state index is 11.0. The van der Waals surface area contributed by atoms with Crippen LogP contribution in [0.25, 0.3) is 0 Å². The molecule has 0 bridgehead atoms. The molecule has 3 N–H and O–H groups in total. The summed E-state index contributed by atoms with van der Waals surface area (Å²) in [4.78, 5) is 28.3. The normalized spacial score (nSPS) is 20.6. The van der Waals surface area contributed by atoms with Gasteiger partial charge in [-0.25, -0.2) is 4.79 Å². The third-order valence-corrected chi connectivity index (χ3v) is 2.41. The predicted octanol–water partition coefficient (Wildman–Crippen LogP) is -1.37. The molecule has 1 aliphatic rings. The van der Waals surface area contributed by atoms with E-state index in [0.29, 0.717) is 5.82 Å². The minimum absolute atomic E-state index is 0.0208. The molecule has 0 saturated carbocycles. The average Bonchev–Trinajstić information content (AvgIpc) is 2.00. The van der Waals surface area contributed by atoms with E-state index < -0.39 is 11.2 Å². The zero-order valence-electron chi connectivity index (χ0n) is 7.49. The molecule has 1 atom stereocenters. The maximum Gasteiger partial charge on any atom is 0.327 e. The lowest BCUT2D eigenvalue weighted by molar-refractivity contribution is 0.225. The quantitative estimate of drug-likeness (QED) is 0.546. The lowest BCUT2D eigenvalue weighted by Crippen LogP contribution is -2.51. The molecule has 0 amide bonds. The lowest BCUT2D eigenvalue weighted by Gasteiger charge is -2.40. The number of aliphatic hydroxyl groups is 1. The Morgan fingerprint density at radius 2 is 2.29 bits per heavy atom. The van der Waals surface area contributed by atoms with Gasteiger partial charge in [0.15, 0.2) is 0 Å². The Hall–Kier alpha value is -1.56. The molecule has 2 rings (SSSR count). The van der Waals surface area contributed by atoms with Gasteiger partial charge in [-0.05, 0) is 6.42 Å². The van der Waals surface area contributed by atoms with Gasteiger partial charge in [0.05, 0.1) is 12.6 Å². The highest BCUT2D eigenvalue weighted by Crippen LogP contribution is 2.21. The summed E-state index contributed by atoms with van der Waals surface area (Å²) in [5.41, 5.74) is -0.941. The van der Waals surface area contributed by atoms with Crippen LogP contribution < -0.4 is 16.1 Å². The summed E-state index contributed by atoms with van der Waals surface area (Å²) in [6.45, 7) is 0.791. The first-order chi connectivity index (χ1) is 6.70. The average molecular weight is 197 g/mol. The monoisotopic (exact) mass is 197 g/mol. The van der Waals surface area contributed by atoms with Crippen LogP contribution in [-0.4, -0.2) is 34.3 Å². The zero-order chi connectivity index (χ0) is 10.1. The highest BCUT2D eigenvalue weighted by molar-refractivity contribution is 5.41. The van der Waals surface area contributed by atoms with E-state index in [4.69, 9.17) is 5.11 Å². The van der Waals surface area contributed by atoms with E-state index in [2.05, 4.69) is 9.97 Å². The number of aliphatic hydroxyl groups excluding tert-OH is 1. The number of hydrogen-bond acceptors (Lipinski definition) is 4. The Morgan fingerprint density at radius 1 is 1.50 bits per heavy atom. The second-order valence-corrected chi connectivity index (χ2v) is 3.29. The number of rotatable bonds is 2. The molecule has 1 saturated heterocycles. The molecule has 1 aromatic rings. The number of H-pyrrole nitrogens is 2. The minimum atomic E-state index is -0.518. The van der Waals surface area contributed by atoms with Gasteiger partial charge in [-0.15, -0.1) is 0 Å². The zero-order valence-corrected chi connectivity index (χ0v) is 7.49. The number of aromatic nitrogens is 2. The van der Waals surface area contributed by atoms with Crippen molar-refractivity contribution < 1.29 is 5.11 Å². The molecule has 0 aromatic carbocycles. The Balaban J connectivity index is 2.32. The van der Waals surface area contributed by atoms with Crippen LogP contribution in [0.15, 0.2) is 15.7 Å². The second-order valence-electron chi connectivity index (χ2n) is 3.29. The molecule has 14 heavy (non-hydrogen) atoms. The van der Waals surface area contributed by atoms with Gasteiger partial charge < -0.3 is 10.0 Å². The standard InChI is InChI=1S/C8H11N3O3/c12-4-5-1-2-11(5)6-3-7(13)10-8(14)9-6/h3,5,12H,1-2,4H2,(H2,9,10,13,14)/t5-/m1/s1. The van der Waals surface area contributed by atoms with E-state index in [-0.39, 0.29) is 12.6 Å². The van der Waals surface area contributed by atoms with E-state index in [1.807, 2.05) is 0 Å². The fraction of sp³-hybridized carbons (Fsp3) is 0.500. The Labute approximate surface area is 79.2 Å². The van der Waals surface area contributed by atoms with Gasteiger partial charge >= 0.3 is 5.69 Å². The molecule has 1 fully saturated rings. The van der Waals surface area contributed by atoms with Crippen molar-refractivity contribution in [3.63, 3.8) is 0 Å². The van der Waals surface area contributed by atoms with Crippen LogP contribution in [0.3, 0.4) is 0 Å².